The third-order valence-corrected chi connectivity index (χ3v) is 3.46. The minimum atomic E-state index is -0.379. The number of carbonyl (C=O) groups is 1. The Hall–Kier alpha value is -2.33. The van der Waals surface area contributed by atoms with Gasteiger partial charge < -0.3 is 15.7 Å². The van der Waals surface area contributed by atoms with Crippen molar-refractivity contribution in [2.24, 2.45) is 0 Å². The van der Waals surface area contributed by atoms with Gasteiger partial charge in [-0.15, -0.1) is 0 Å². The van der Waals surface area contributed by atoms with Gasteiger partial charge in [0, 0.05) is 6.54 Å². The van der Waals surface area contributed by atoms with Crippen LogP contribution in [0.5, 0.6) is 0 Å². The Balaban J connectivity index is 1.71. The number of aliphatic hydroxyl groups is 1. The van der Waals surface area contributed by atoms with Crippen LogP contribution >= 0.6 is 0 Å². The molecule has 0 saturated heterocycles. The van der Waals surface area contributed by atoms with E-state index in [1.54, 1.807) is 0 Å². The highest BCUT2D eigenvalue weighted by atomic mass is 16.3. The summed E-state index contributed by atoms with van der Waals surface area (Å²) in [5, 5.41) is 15.0. The second-order valence-corrected chi connectivity index (χ2v) is 5.14. The summed E-state index contributed by atoms with van der Waals surface area (Å²) in [6.45, 7) is 0.481. The molecule has 0 aliphatic carbocycles. The molecule has 0 aromatic heterocycles. The Kier molecular flexibility index (Phi) is 6.45. The molecule has 0 radical (unpaired) electrons. The van der Waals surface area contributed by atoms with Gasteiger partial charge in [-0.3, -0.25) is 0 Å². The van der Waals surface area contributed by atoms with Gasteiger partial charge >= 0.3 is 6.03 Å². The molecular formula is C18H22N2O2. The van der Waals surface area contributed by atoms with Crippen molar-refractivity contribution < 1.29 is 9.90 Å². The van der Waals surface area contributed by atoms with E-state index in [4.69, 9.17) is 0 Å². The SMILES string of the molecule is O=C(NCCCc1ccccc1)N[C@@H](CO)c1ccccc1. The summed E-state index contributed by atoms with van der Waals surface area (Å²) in [6, 6.07) is 19.0. The predicted octanol–water partition coefficient (Wildman–Crippen LogP) is 2.65. The summed E-state index contributed by atoms with van der Waals surface area (Å²) in [7, 11) is 0. The molecule has 4 nitrogen and oxygen atoms in total. The van der Waals surface area contributed by atoms with Crippen LogP contribution in [0.1, 0.15) is 23.6 Å². The number of nitrogens with one attached hydrogen (secondary N) is 2. The van der Waals surface area contributed by atoms with Gasteiger partial charge in [-0.2, -0.15) is 0 Å². The second kappa shape index (κ2) is 8.85. The standard InChI is InChI=1S/C18H22N2O2/c21-14-17(16-11-5-2-6-12-16)20-18(22)19-13-7-10-15-8-3-1-4-9-15/h1-6,8-9,11-12,17,21H,7,10,13-14H2,(H2,19,20,22)/t17-/m0/s1. The molecule has 2 aromatic carbocycles. The summed E-state index contributed by atoms with van der Waals surface area (Å²) >= 11 is 0. The van der Waals surface area contributed by atoms with E-state index in [2.05, 4.69) is 22.8 Å². The van der Waals surface area contributed by atoms with E-state index in [0.29, 0.717) is 6.54 Å². The number of carbonyl (C=O) groups excluding carboxylic acids is 1. The molecule has 0 saturated carbocycles. The monoisotopic (exact) mass is 298 g/mol. The number of rotatable bonds is 7. The lowest BCUT2D eigenvalue weighted by Crippen LogP contribution is -2.39. The Morgan fingerprint density at radius 2 is 1.64 bits per heavy atom. The third-order valence-electron chi connectivity index (χ3n) is 3.46. The molecule has 2 rings (SSSR count). The molecular weight excluding hydrogens is 276 g/mol. The van der Waals surface area contributed by atoms with Gasteiger partial charge in [0.25, 0.3) is 0 Å². The quantitative estimate of drug-likeness (QED) is 0.688. The molecule has 0 bridgehead atoms. The predicted molar refractivity (Wildman–Crippen MR) is 87.6 cm³/mol. The van der Waals surface area contributed by atoms with Crippen LogP contribution in [0.2, 0.25) is 0 Å². The minimum Gasteiger partial charge on any atom is -0.394 e. The molecule has 0 aliphatic rings. The molecule has 0 spiro atoms. The lowest BCUT2D eigenvalue weighted by atomic mass is 10.1. The molecule has 0 heterocycles. The van der Waals surface area contributed by atoms with Gasteiger partial charge in [-0.05, 0) is 24.0 Å². The first-order chi connectivity index (χ1) is 10.8. The Labute approximate surface area is 131 Å². The van der Waals surface area contributed by atoms with Crippen LogP contribution in [0.15, 0.2) is 60.7 Å². The van der Waals surface area contributed by atoms with E-state index in [1.807, 2.05) is 48.5 Å². The first-order valence-corrected chi connectivity index (χ1v) is 7.53. The lowest BCUT2D eigenvalue weighted by molar-refractivity contribution is 0.217. The van der Waals surface area contributed by atoms with Gasteiger partial charge in [-0.25, -0.2) is 4.79 Å². The normalized spacial score (nSPS) is 11.7. The van der Waals surface area contributed by atoms with Crippen LogP contribution in [0.4, 0.5) is 4.79 Å². The first kappa shape index (κ1) is 16.0. The van der Waals surface area contributed by atoms with Gasteiger partial charge in [0.15, 0.2) is 0 Å². The average molecular weight is 298 g/mol. The van der Waals surface area contributed by atoms with Gasteiger partial charge in [0.2, 0.25) is 0 Å². The fraction of sp³-hybridized carbons (Fsp3) is 0.278. The second-order valence-electron chi connectivity index (χ2n) is 5.14. The van der Waals surface area contributed by atoms with E-state index in [9.17, 15) is 9.90 Å². The van der Waals surface area contributed by atoms with Crippen molar-refractivity contribution in [2.45, 2.75) is 18.9 Å². The van der Waals surface area contributed by atoms with Crippen molar-refractivity contribution in [3.05, 3.63) is 71.8 Å². The van der Waals surface area contributed by atoms with Crippen molar-refractivity contribution in [1.29, 1.82) is 0 Å². The number of aliphatic hydroxyl groups excluding tert-OH is 1. The van der Waals surface area contributed by atoms with Crippen molar-refractivity contribution >= 4 is 6.03 Å². The summed E-state index contributed by atoms with van der Waals surface area (Å²) in [5.74, 6) is 0. The molecule has 3 N–H and O–H groups in total. The molecule has 2 aromatic rings. The summed E-state index contributed by atoms with van der Waals surface area (Å²) in [6.07, 6.45) is 1.82. The highest BCUT2D eigenvalue weighted by molar-refractivity contribution is 5.74. The molecule has 116 valence electrons. The summed E-state index contributed by atoms with van der Waals surface area (Å²) in [5.41, 5.74) is 2.16. The third kappa shape index (κ3) is 5.22. The number of urea groups is 1. The Bertz CT molecular complexity index is 558. The van der Waals surface area contributed by atoms with Crippen LogP contribution in [0.25, 0.3) is 0 Å². The molecule has 22 heavy (non-hydrogen) atoms. The van der Waals surface area contributed by atoms with Crippen LogP contribution in [0.3, 0.4) is 0 Å². The molecule has 1 atom stereocenters. The van der Waals surface area contributed by atoms with Crippen LogP contribution in [0, 0.1) is 0 Å². The zero-order valence-corrected chi connectivity index (χ0v) is 12.5. The fourth-order valence-corrected chi connectivity index (χ4v) is 2.27. The number of hydrogen-bond donors (Lipinski definition) is 3. The molecule has 2 amide bonds. The van der Waals surface area contributed by atoms with Crippen LogP contribution in [-0.4, -0.2) is 24.3 Å². The minimum absolute atomic E-state index is 0.124. The molecule has 0 fully saturated rings. The van der Waals surface area contributed by atoms with E-state index in [-0.39, 0.29) is 18.7 Å². The highest BCUT2D eigenvalue weighted by Crippen LogP contribution is 2.11. The number of hydrogen-bond acceptors (Lipinski definition) is 2. The average Bonchev–Trinajstić information content (AvgIpc) is 2.58. The number of benzene rings is 2. The zero-order chi connectivity index (χ0) is 15.6. The topological polar surface area (TPSA) is 61.4 Å². The number of aryl methyl sites for hydroxylation is 1. The van der Waals surface area contributed by atoms with E-state index >= 15 is 0 Å². The number of amides is 2. The smallest absolute Gasteiger partial charge is 0.315 e. The highest BCUT2D eigenvalue weighted by Gasteiger charge is 2.12. The maximum Gasteiger partial charge on any atom is 0.315 e. The lowest BCUT2D eigenvalue weighted by Gasteiger charge is -2.17. The summed E-state index contributed by atoms with van der Waals surface area (Å²) < 4.78 is 0. The van der Waals surface area contributed by atoms with Crippen molar-refractivity contribution in [3.8, 4) is 0 Å². The van der Waals surface area contributed by atoms with E-state index in [0.717, 1.165) is 18.4 Å². The van der Waals surface area contributed by atoms with Crippen molar-refractivity contribution in [3.63, 3.8) is 0 Å². The fourth-order valence-electron chi connectivity index (χ4n) is 2.27. The summed E-state index contributed by atoms with van der Waals surface area (Å²) in [4.78, 5) is 11.9. The molecule has 4 heteroatoms. The van der Waals surface area contributed by atoms with Gasteiger partial charge in [0.05, 0.1) is 12.6 Å². The molecule has 0 aliphatic heterocycles. The molecule has 0 unspecified atom stereocenters. The van der Waals surface area contributed by atoms with Crippen molar-refractivity contribution in [1.82, 2.24) is 10.6 Å². The zero-order valence-electron chi connectivity index (χ0n) is 12.5. The maximum absolute atomic E-state index is 11.9. The first-order valence-electron chi connectivity index (χ1n) is 7.53. The van der Waals surface area contributed by atoms with Crippen molar-refractivity contribution in [2.75, 3.05) is 13.2 Å². The Morgan fingerprint density at radius 1 is 1.00 bits per heavy atom. The van der Waals surface area contributed by atoms with E-state index < -0.39 is 0 Å². The van der Waals surface area contributed by atoms with Crippen LogP contribution < -0.4 is 10.6 Å². The van der Waals surface area contributed by atoms with Gasteiger partial charge in [-0.1, -0.05) is 60.7 Å². The Morgan fingerprint density at radius 3 is 2.27 bits per heavy atom. The van der Waals surface area contributed by atoms with E-state index in [1.165, 1.54) is 5.56 Å². The van der Waals surface area contributed by atoms with Crippen LogP contribution in [-0.2, 0) is 6.42 Å². The van der Waals surface area contributed by atoms with Gasteiger partial charge in [0.1, 0.15) is 0 Å². The largest absolute Gasteiger partial charge is 0.394 e. The maximum atomic E-state index is 11.9.